The summed E-state index contributed by atoms with van der Waals surface area (Å²) in [6, 6.07) is 8.72. The highest BCUT2D eigenvalue weighted by molar-refractivity contribution is 5.89. The topological polar surface area (TPSA) is 139 Å². The molecule has 0 fully saturated rings. The largest absolute Gasteiger partial charge is 0.508 e. The van der Waals surface area contributed by atoms with E-state index in [-0.39, 0.29) is 35.8 Å². The predicted octanol–water partition coefficient (Wildman–Crippen LogP) is 1.46. The van der Waals surface area contributed by atoms with Crippen LogP contribution in [-0.4, -0.2) is 46.0 Å². The molecule has 0 radical (unpaired) electrons. The van der Waals surface area contributed by atoms with Crippen molar-refractivity contribution in [2.24, 2.45) is 5.73 Å². The fourth-order valence-electron chi connectivity index (χ4n) is 2.22. The van der Waals surface area contributed by atoms with Gasteiger partial charge in [-0.25, -0.2) is 4.79 Å². The van der Waals surface area contributed by atoms with Crippen LogP contribution in [0.4, 0.5) is 0 Å². The van der Waals surface area contributed by atoms with Crippen molar-refractivity contribution in [3.8, 4) is 17.2 Å². The van der Waals surface area contributed by atoms with E-state index in [1.165, 1.54) is 42.5 Å². The second-order valence-corrected chi connectivity index (χ2v) is 6.03. The lowest BCUT2D eigenvalue weighted by molar-refractivity contribution is -0.148. The molecule has 2 rings (SSSR count). The Balaban J connectivity index is 1.80. The number of carbonyl (C=O) groups is 2. The number of nitrogens with two attached hydrogens (primary N) is 1. The number of phenolic OH excluding ortho intramolecular Hbond substituents is 3. The van der Waals surface area contributed by atoms with E-state index in [1.807, 2.05) is 0 Å². The van der Waals surface area contributed by atoms with Gasteiger partial charge in [-0.15, -0.1) is 0 Å². The van der Waals surface area contributed by atoms with E-state index in [9.17, 15) is 24.9 Å². The Kier molecular flexibility index (Phi) is 6.62. The van der Waals surface area contributed by atoms with Crippen molar-refractivity contribution in [2.75, 3.05) is 6.61 Å². The molecular formula is C19H21NO7. The van der Waals surface area contributed by atoms with Crippen LogP contribution in [0.5, 0.6) is 17.2 Å². The Morgan fingerprint density at radius 2 is 1.70 bits per heavy atom. The average molecular weight is 375 g/mol. The lowest BCUT2D eigenvalue weighted by atomic mass is 10.1. The van der Waals surface area contributed by atoms with E-state index in [1.54, 1.807) is 6.92 Å². The first-order chi connectivity index (χ1) is 12.8. The van der Waals surface area contributed by atoms with Crippen molar-refractivity contribution in [1.82, 2.24) is 0 Å². The predicted molar refractivity (Wildman–Crippen MR) is 95.4 cm³/mol. The van der Waals surface area contributed by atoms with Crippen molar-refractivity contribution in [2.45, 2.75) is 25.5 Å². The summed E-state index contributed by atoms with van der Waals surface area (Å²) in [5.74, 6) is -1.83. The van der Waals surface area contributed by atoms with Gasteiger partial charge in [-0.3, -0.25) is 4.79 Å². The standard InChI is InChI=1S/C19H21NO7/c1-11(27-18(24)13-3-5-14(21)6-4-13)10-26-19(25)15(20)8-12-2-7-16(22)17(23)9-12/h2-7,9,11,15,21-23H,8,10,20H2,1H3/t11-,15+/m1/s1. The highest BCUT2D eigenvalue weighted by atomic mass is 16.6. The van der Waals surface area contributed by atoms with Gasteiger partial charge < -0.3 is 30.5 Å². The summed E-state index contributed by atoms with van der Waals surface area (Å²) in [5.41, 5.74) is 6.60. The highest BCUT2D eigenvalue weighted by Crippen LogP contribution is 2.25. The van der Waals surface area contributed by atoms with Gasteiger partial charge in [-0.2, -0.15) is 0 Å². The molecule has 2 aromatic carbocycles. The van der Waals surface area contributed by atoms with E-state index in [4.69, 9.17) is 15.2 Å². The summed E-state index contributed by atoms with van der Waals surface area (Å²) < 4.78 is 10.2. The molecule has 0 spiro atoms. The van der Waals surface area contributed by atoms with Crippen LogP contribution in [0.1, 0.15) is 22.8 Å². The van der Waals surface area contributed by atoms with E-state index < -0.39 is 24.1 Å². The van der Waals surface area contributed by atoms with Gasteiger partial charge in [-0.1, -0.05) is 6.07 Å². The Bertz CT molecular complexity index is 804. The normalized spacial score (nSPS) is 12.8. The van der Waals surface area contributed by atoms with E-state index in [2.05, 4.69) is 0 Å². The number of carbonyl (C=O) groups excluding carboxylic acids is 2. The summed E-state index contributed by atoms with van der Waals surface area (Å²) in [6.07, 6.45) is -0.589. The maximum absolute atomic E-state index is 12.0. The zero-order chi connectivity index (χ0) is 20.0. The number of aromatic hydroxyl groups is 3. The summed E-state index contributed by atoms with van der Waals surface area (Å²) in [6.45, 7) is 1.40. The van der Waals surface area contributed by atoms with Crippen LogP contribution in [-0.2, 0) is 20.7 Å². The van der Waals surface area contributed by atoms with Crippen LogP contribution in [0, 0.1) is 0 Å². The van der Waals surface area contributed by atoms with Crippen LogP contribution in [0.3, 0.4) is 0 Å². The lowest BCUT2D eigenvalue weighted by Gasteiger charge is -2.16. The molecule has 0 amide bonds. The van der Waals surface area contributed by atoms with Crippen LogP contribution in [0.2, 0.25) is 0 Å². The Morgan fingerprint density at radius 1 is 1.04 bits per heavy atom. The molecule has 144 valence electrons. The number of phenols is 3. The molecular weight excluding hydrogens is 354 g/mol. The van der Waals surface area contributed by atoms with Gasteiger partial charge in [0.2, 0.25) is 0 Å². The fraction of sp³-hybridized carbons (Fsp3) is 0.263. The van der Waals surface area contributed by atoms with Gasteiger partial charge in [0, 0.05) is 0 Å². The second kappa shape index (κ2) is 8.91. The molecule has 0 aliphatic carbocycles. The Hall–Kier alpha value is -3.26. The third kappa shape index (κ3) is 5.89. The van der Waals surface area contributed by atoms with E-state index in [0.717, 1.165) is 0 Å². The number of esters is 2. The van der Waals surface area contributed by atoms with Crippen molar-refractivity contribution >= 4 is 11.9 Å². The molecule has 2 aromatic rings. The summed E-state index contributed by atoms with van der Waals surface area (Å²) in [7, 11) is 0. The summed E-state index contributed by atoms with van der Waals surface area (Å²) in [5, 5.41) is 27.9. The summed E-state index contributed by atoms with van der Waals surface area (Å²) in [4.78, 5) is 23.9. The van der Waals surface area contributed by atoms with Crippen molar-refractivity contribution in [1.29, 1.82) is 0 Å². The SMILES string of the molecule is C[C@H](COC(=O)[C@@H](N)Cc1ccc(O)c(O)c1)OC(=O)c1ccc(O)cc1. The van der Waals surface area contributed by atoms with Crippen molar-refractivity contribution in [3.05, 3.63) is 53.6 Å². The molecule has 8 nitrogen and oxygen atoms in total. The molecule has 8 heteroatoms. The van der Waals surface area contributed by atoms with Gasteiger partial charge in [-0.05, 0) is 55.3 Å². The zero-order valence-electron chi connectivity index (χ0n) is 14.7. The first-order valence-corrected chi connectivity index (χ1v) is 8.19. The third-order valence-corrected chi connectivity index (χ3v) is 3.67. The molecule has 0 saturated carbocycles. The van der Waals surface area contributed by atoms with Crippen molar-refractivity contribution in [3.63, 3.8) is 0 Å². The van der Waals surface area contributed by atoms with Gasteiger partial charge in [0.15, 0.2) is 11.5 Å². The molecule has 5 N–H and O–H groups in total. The average Bonchev–Trinajstić information content (AvgIpc) is 2.63. The number of hydrogen-bond donors (Lipinski definition) is 4. The molecule has 0 bridgehead atoms. The van der Waals surface area contributed by atoms with E-state index in [0.29, 0.717) is 5.56 Å². The molecule has 0 aromatic heterocycles. The smallest absolute Gasteiger partial charge is 0.338 e. The molecule has 2 atom stereocenters. The minimum absolute atomic E-state index is 0.0319. The summed E-state index contributed by atoms with van der Waals surface area (Å²) >= 11 is 0. The van der Waals surface area contributed by atoms with Gasteiger partial charge in [0.05, 0.1) is 5.56 Å². The number of hydrogen-bond acceptors (Lipinski definition) is 8. The van der Waals surface area contributed by atoms with Crippen molar-refractivity contribution < 1.29 is 34.4 Å². The Labute approximate surface area is 155 Å². The first-order valence-electron chi connectivity index (χ1n) is 8.19. The second-order valence-electron chi connectivity index (χ2n) is 6.03. The van der Waals surface area contributed by atoms with Crippen LogP contribution >= 0.6 is 0 Å². The minimum Gasteiger partial charge on any atom is -0.508 e. The van der Waals surface area contributed by atoms with Gasteiger partial charge in [0.25, 0.3) is 0 Å². The Morgan fingerprint density at radius 3 is 2.33 bits per heavy atom. The zero-order valence-corrected chi connectivity index (χ0v) is 14.7. The minimum atomic E-state index is -0.978. The number of benzene rings is 2. The number of rotatable bonds is 7. The molecule has 0 aliphatic rings. The number of ether oxygens (including phenoxy) is 2. The quantitative estimate of drug-likeness (QED) is 0.421. The van der Waals surface area contributed by atoms with E-state index >= 15 is 0 Å². The maximum atomic E-state index is 12.0. The molecule has 0 aliphatic heterocycles. The van der Waals surface area contributed by atoms with Gasteiger partial charge in [0.1, 0.15) is 24.5 Å². The lowest BCUT2D eigenvalue weighted by Crippen LogP contribution is -2.36. The molecule has 27 heavy (non-hydrogen) atoms. The van der Waals surface area contributed by atoms with Gasteiger partial charge >= 0.3 is 11.9 Å². The molecule has 0 saturated heterocycles. The fourth-order valence-corrected chi connectivity index (χ4v) is 2.22. The third-order valence-electron chi connectivity index (χ3n) is 3.67. The van der Waals surface area contributed by atoms with Crippen LogP contribution in [0.15, 0.2) is 42.5 Å². The van der Waals surface area contributed by atoms with Crippen LogP contribution in [0.25, 0.3) is 0 Å². The van der Waals surface area contributed by atoms with Crippen LogP contribution < -0.4 is 5.73 Å². The molecule has 0 heterocycles. The first kappa shape index (κ1) is 20.1. The monoisotopic (exact) mass is 375 g/mol. The molecule has 0 unspecified atom stereocenters. The maximum Gasteiger partial charge on any atom is 0.338 e. The highest BCUT2D eigenvalue weighted by Gasteiger charge is 2.19.